The first-order chi connectivity index (χ1) is 12.7. The summed E-state index contributed by atoms with van der Waals surface area (Å²) in [5.74, 6) is 0. The van der Waals surface area contributed by atoms with Crippen molar-refractivity contribution >= 4 is 6.09 Å². The largest absolute Gasteiger partial charge is 0.431 e. The quantitative estimate of drug-likeness (QED) is 0.691. The van der Waals surface area contributed by atoms with Crippen LogP contribution in [-0.2, 0) is 16.8 Å². The van der Waals surface area contributed by atoms with E-state index in [2.05, 4.69) is 12.1 Å². The van der Waals surface area contributed by atoms with Crippen molar-refractivity contribution in [3.8, 4) is 0 Å². The fourth-order valence-corrected chi connectivity index (χ4v) is 3.84. The fraction of sp³-hybridized carbons (Fsp3) is 0.174. The number of likely N-dealkylation sites (N-methyl/N-ethyl adjacent to an activating group) is 1. The minimum Gasteiger partial charge on any atom is -0.431 e. The third kappa shape index (κ3) is 2.66. The summed E-state index contributed by atoms with van der Waals surface area (Å²) < 4.78 is 6.11. The lowest BCUT2D eigenvalue weighted by molar-refractivity contribution is 0.0676. The van der Waals surface area contributed by atoms with E-state index in [4.69, 9.17) is 4.74 Å². The number of carbonyl (C=O) groups excluding carboxylic acids is 1. The highest BCUT2D eigenvalue weighted by Crippen LogP contribution is 2.45. The van der Waals surface area contributed by atoms with E-state index < -0.39 is 5.60 Å². The first kappa shape index (κ1) is 16.4. The summed E-state index contributed by atoms with van der Waals surface area (Å²) in [7, 11) is 1.82. The Balaban J connectivity index is 1.89. The maximum absolute atomic E-state index is 12.6. The molecular weight excluding hydrogens is 322 g/mol. The predicted molar refractivity (Wildman–Crippen MR) is 102 cm³/mol. The zero-order valence-electron chi connectivity index (χ0n) is 14.7. The van der Waals surface area contributed by atoms with Crippen LogP contribution in [0.15, 0.2) is 91.0 Å². The van der Waals surface area contributed by atoms with Gasteiger partial charge in [0.1, 0.15) is 0 Å². The van der Waals surface area contributed by atoms with E-state index in [1.54, 1.807) is 4.90 Å². The van der Waals surface area contributed by atoms with Crippen LogP contribution >= 0.6 is 0 Å². The van der Waals surface area contributed by atoms with Gasteiger partial charge >= 0.3 is 6.09 Å². The lowest BCUT2D eigenvalue weighted by atomic mass is 9.78. The molecule has 0 spiro atoms. The van der Waals surface area contributed by atoms with Crippen molar-refractivity contribution in [3.05, 3.63) is 108 Å². The Kier molecular flexibility index (Phi) is 4.21. The zero-order valence-corrected chi connectivity index (χ0v) is 14.7. The van der Waals surface area contributed by atoms with E-state index in [1.165, 1.54) is 5.56 Å². The molecule has 0 N–H and O–H groups in total. The first-order valence-corrected chi connectivity index (χ1v) is 8.82. The topological polar surface area (TPSA) is 29.5 Å². The Morgan fingerprint density at radius 1 is 0.808 bits per heavy atom. The maximum atomic E-state index is 12.6. The molecule has 3 heteroatoms. The van der Waals surface area contributed by atoms with Crippen LogP contribution in [-0.4, -0.2) is 24.1 Å². The monoisotopic (exact) mass is 343 g/mol. The number of hydrogen-bond acceptors (Lipinski definition) is 2. The average molecular weight is 343 g/mol. The van der Waals surface area contributed by atoms with Crippen LogP contribution < -0.4 is 0 Å². The van der Waals surface area contributed by atoms with Gasteiger partial charge in [-0.25, -0.2) is 4.79 Å². The van der Waals surface area contributed by atoms with Gasteiger partial charge in [0, 0.05) is 18.2 Å². The molecule has 0 saturated carbocycles. The summed E-state index contributed by atoms with van der Waals surface area (Å²) in [4.78, 5) is 14.4. The maximum Gasteiger partial charge on any atom is 0.411 e. The van der Waals surface area contributed by atoms with Crippen LogP contribution in [0.5, 0.6) is 0 Å². The molecule has 1 heterocycles. The lowest BCUT2D eigenvalue weighted by Gasteiger charge is -2.35. The fourth-order valence-electron chi connectivity index (χ4n) is 3.84. The summed E-state index contributed by atoms with van der Waals surface area (Å²) in [5.41, 5.74) is 2.33. The standard InChI is InChI=1S/C23H21NO2/c1-24-21(17-18-11-5-2-6-12-18)23(26-22(24)25,19-13-7-3-8-14-19)20-15-9-4-10-16-20/h2-16,21H,17H2,1H3. The van der Waals surface area contributed by atoms with Gasteiger partial charge in [0.2, 0.25) is 0 Å². The van der Waals surface area contributed by atoms with Gasteiger partial charge in [-0.2, -0.15) is 0 Å². The second-order valence-corrected chi connectivity index (χ2v) is 6.65. The number of cyclic esters (lactones) is 1. The van der Waals surface area contributed by atoms with E-state index in [0.717, 1.165) is 11.1 Å². The molecule has 0 radical (unpaired) electrons. The molecule has 1 aliphatic rings. The Morgan fingerprint density at radius 3 is 1.77 bits per heavy atom. The molecule has 0 aromatic heterocycles. The second kappa shape index (κ2) is 6.68. The van der Waals surface area contributed by atoms with Crippen molar-refractivity contribution < 1.29 is 9.53 Å². The van der Waals surface area contributed by atoms with Crippen molar-refractivity contribution in [2.75, 3.05) is 7.05 Å². The Labute approximate surface area is 153 Å². The molecule has 4 rings (SSSR count). The van der Waals surface area contributed by atoms with E-state index in [9.17, 15) is 4.79 Å². The molecule has 130 valence electrons. The molecule has 1 saturated heterocycles. The average Bonchev–Trinajstić information content (AvgIpc) is 2.96. The second-order valence-electron chi connectivity index (χ2n) is 6.65. The van der Waals surface area contributed by atoms with Gasteiger partial charge in [0.05, 0.1) is 6.04 Å². The molecule has 1 atom stereocenters. The lowest BCUT2D eigenvalue weighted by Crippen LogP contribution is -2.44. The number of nitrogens with zero attached hydrogens (tertiary/aromatic N) is 1. The molecule has 0 bridgehead atoms. The van der Waals surface area contributed by atoms with Crippen molar-refractivity contribution in [1.29, 1.82) is 0 Å². The highest BCUT2D eigenvalue weighted by Gasteiger charge is 2.54. The van der Waals surface area contributed by atoms with Gasteiger partial charge in [-0.05, 0) is 12.0 Å². The Hall–Kier alpha value is -3.07. The molecule has 1 fully saturated rings. The van der Waals surface area contributed by atoms with Gasteiger partial charge in [-0.1, -0.05) is 91.0 Å². The number of benzene rings is 3. The highest BCUT2D eigenvalue weighted by molar-refractivity contribution is 5.73. The summed E-state index contributed by atoms with van der Waals surface area (Å²) in [6.07, 6.45) is 0.422. The predicted octanol–water partition coefficient (Wildman–Crippen LogP) is 4.62. The molecule has 3 aromatic rings. The zero-order chi connectivity index (χ0) is 18.0. The van der Waals surface area contributed by atoms with Crippen LogP contribution in [0.2, 0.25) is 0 Å². The number of carbonyl (C=O) groups is 1. The number of amides is 1. The highest BCUT2D eigenvalue weighted by atomic mass is 16.6. The molecular formula is C23H21NO2. The minimum absolute atomic E-state index is 0.137. The molecule has 1 unspecified atom stereocenters. The van der Waals surface area contributed by atoms with Crippen LogP contribution in [0.25, 0.3) is 0 Å². The first-order valence-electron chi connectivity index (χ1n) is 8.82. The smallest absolute Gasteiger partial charge is 0.411 e. The van der Waals surface area contributed by atoms with Gasteiger partial charge in [0.15, 0.2) is 5.60 Å². The molecule has 26 heavy (non-hydrogen) atoms. The van der Waals surface area contributed by atoms with Crippen LogP contribution in [0.1, 0.15) is 16.7 Å². The molecule has 0 aliphatic carbocycles. The Bertz CT molecular complexity index is 838. The molecule has 1 aliphatic heterocycles. The summed E-state index contributed by atoms with van der Waals surface area (Å²) >= 11 is 0. The summed E-state index contributed by atoms with van der Waals surface area (Å²) in [6, 6.07) is 30.2. The van der Waals surface area contributed by atoms with Crippen molar-refractivity contribution in [2.45, 2.75) is 18.1 Å². The van der Waals surface area contributed by atoms with Crippen LogP contribution in [0.3, 0.4) is 0 Å². The van der Waals surface area contributed by atoms with Gasteiger partial charge < -0.3 is 9.64 Å². The van der Waals surface area contributed by atoms with Crippen molar-refractivity contribution in [3.63, 3.8) is 0 Å². The third-order valence-corrected chi connectivity index (χ3v) is 5.15. The van der Waals surface area contributed by atoms with Gasteiger partial charge in [-0.15, -0.1) is 0 Å². The van der Waals surface area contributed by atoms with Crippen LogP contribution in [0.4, 0.5) is 4.79 Å². The van der Waals surface area contributed by atoms with Crippen molar-refractivity contribution in [2.24, 2.45) is 0 Å². The third-order valence-electron chi connectivity index (χ3n) is 5.15. The minimum atomic E-state index is -0.829. The number of hydrogen-bond donors (Lipinski definition) is 0. The van der Waals surface area contributed by atoms with E-state index in [-0.39, 0.29) is 12.1 Å². The van der Waals surface area contributed by atoms with E-state index in [1.807, 2.05) is 85.9 Å². The van der Waals surface area contributed by atoms with Gasteiger partial charge in [-0.3, -0.25) is 0 Å². The summed E-state index contributed by atoms with van der Waals surface area (Å²) in [6.45, 7) is 0. The Morgan fingerprint density at radius 2 is 1.27 bits per heavy atom. The molecule has 3 aromatic carbocycles. The SMILES string of the molecule is CN1C(=O)OC(c2ccccc2)(c2ccccc2)C1Cc1ccccc1. The summed E-state index contributed by atoms with van der Waals surface area (Å²) in [5, 5.41) is 0. The molecule has 3 nitrogen and oxygen atoms in total. The van der Waals surface area contributed by atoms with Gasteiger partial charge in [0.25, 0.3) is 0 Å². The number of ether oxygens (including phenoxy) is 1. The number of rotatable bonds is 4. The van der Waals surface area contributed by atoms with E-state index >= 15 is 0 Å². The van der Waals surface area contributed by atoms with E-state index in [0.29, 0.717) is 6.42 Å². The normalized spacial score (nSPS) is 18.6. The molecule has 1 amide bonds. The van der Waals surface area contributed by atoms with Crippen molar-refractivity contribution in [1.82, 2.24) is 4.90 Å². The van der Waals surface area contributed by atoms with Crippen LogP contribution in [0, 0.1) is 0 Å².